The Morgan fingerprint density at radius 1 is 0.421 bits per heavy atom. The minimum Gasteiger partial charge on any atom is -0.744 e. The molecule has 0 aromatic heterocycles. The molecule has 0 atom stereocenters. The second kappa shape index (κ2) is 21.8. The van der Waals surface area contributed by atoms with Crippen molar-refractivity contribution in [1.29, 1.82) is 0 Å². The number of ether oxygens (including phenoxy) is 4. The van der Waals surface area contributed by atoms with E-state index in [1.165, 1.54) is 12.1 Å². The van der Waals surface area contributed by atoms with Crippen molar-refractivity contribution in [3.63, 3.8) is 0 Å². The van der Waals surface area contributed by atoms with Crippen LogP contribution in [-0.4, -0.2) is 97.3 Å². The first kappa shape index (κ1) is 46.6. The van der Waals surface area contributed by atoms with E-state index < -0.39 is 53.9 Å². The van der Waals surface area contributed by atoms with Crippen molar-refractivity contribution >= 4 is 67.2 Å². The summed E-state index contributed by atoms with van der Waals surface area (Å²) in [5.74, 6) is -3.09. The van der Waals surface area contributed by atoms with E-state index in [0.717, 1.165) is 153 Å². The van der Waals surface area contributed by atoms with Crippen LogP contribution in [0.4, 0.5) is 0 Å². The molecule has 4 aliphatic carbocycles. The van der Waals surface area contributed by atoms with Crippen molar-refractivity contribution in [3.05, 3.63) is 58.7 Å². The quantitative estimate of drug-likeness (QED) is 0.104. The Hall–Kier alpha value is -3.09. The van der Waals surface area contributed by atoms with Crippen LogP contribution in [0, 0.1) is 0 Å². The zero-order valence-corrected chi connectivity index (χ0v) is 35.2. The fraction of sp³-hybridized carbons (Fsp3) is 0.600. The van der Waals surface area contributed by atoms with E-state index in [-0.39, 0.29) is 69.7 Å². The minimum absolute atomic E-state index is 0. The molecule has 6 rings (SSSR count). The molecular formula is C40H50MgO14S2. The maximum absolute atomic E-state index is 12.4. The first-order chi connectivity index (χ1) is 26.7. The van der Waals surface area contributed by atoms with Gasteiger partial charge in [-0.3, -0.25) is 0 Å². The van der Waals surface area contributed by atoms with Gasteiger partial charge in [0, 0.05) is 0 Å². The predicted molar refractivity (Wildman–Crippen MR) is 204 cm³/mol. The first-order valence-corrected chi connectivity index (χ1v) is 22.5. The van der Waals surface area contributed by atoms with Gasteiger partial charge < -0.3 is 28.1 Å². The van der Waals surface area contributed by atoms with Crippen molar-refractivity contribution in [1.82, 2.24) is 0 Å². The summed E-state index contributed by atoms with van der Waals surface area (Å²) in [4.78, 5) is 48.1. The van der Waals surface area contributed by atoms with Crippen LogP contribution in [0.3, 0.4) is 0 Å². The number of benzene rings is 2. The van der Waals surface area contributed by atoms with Crippen LogP contribution < -0.4 is 0 Å². The van der Waals surface area contributed by atoms with Gasteiger partial charge in [-0.25, -0.2) is 36.0 Å². The summed E-state index contributed by atoms with van der Waals surface area (Å²) in [5.41, 5.74) is -0.798. The summed E-state index contributed by atoms with van der Waals surface area (Å²) in [5, 5.41) is 0. The zero-order chi connectivity index (χ0) is 40.3. The summed E-state index contributed by atoms with van der Waals surface area (Å²) >= 11 is 0. The summed E-state index contributed by atoms with van der Waals surface area (Å²) in [6, 6.07) is 6.77. The van der Waals surface area contributed by atoms with Crippen molar-refractivity contribution in [2.75, 3.05) is 0 Å². The molecule has 4 fully saturated rings. The molecule has 0 aliphatic heterocycles. The van der Waals surface area contributed by atoms with Gasteiger partial charge in [-0.15, -0.1) is 0 Å². The maximum atomic E-state index is 12.4. The van der Waals surface area contributed by atoms with E-state index in [9.17, 15) is 45.1 Å². The molecule has 0 spiro atoms. The van der Waals surface area contributed by atoms with Gasteiger partial charge in [0.05, 0.1) is 32.0 Å². The molecule has 4 saturated carbocycles. The van der Waals surface area contributed by atoms with Crippen molar-refractivity contribution in [2.45, 2.75) is 163 Å². The molecule has 14 nitrogen and oxygen atoms in total. The Labute approximate surface area is 350 Å². The van der Waals surface area contributed by atoms with Gasteiger partial charge in [0.1, 0.15) is 44.7 Å². The molecule has 0 amide bonds. The summed E-state index contributed by atoms with van der Waals surface area (Å²) in [7, 11) is -9.93. The maximum Gasteiger partial charge on any atom is 2.00 e. The van der Waals surface area contributed by atoms with Crippen LogP contribution in [0.2, 0.25) is 0 Å². The Morgan fingerprint density at radius 3 is 0.912 bits per heavy atom. The van der Waals surface area contributed by atoms with Crippen LogP contribution in [0.1, 0.15) is 170 Å². The third-order valence-electron chi connectivity index (χ3n) is 10.7. The van der Waals surface area contributed by atoms with Crippen molar-refractivity contribution in [2.24, 2.45) is 0 Å². The molecule has 17 heteroatoms. The molecule has 308 valence electrons. The smallest absolute Gasteiger partial charge is 0.744 e. The largest absolute Gasteiger partial charge is 2.00 e. The third kappa shape index (κ3) is 14.0. The summed E-state index contributed by atoms with van der Waals surface area (Å²) < 4.78 is 91.8. The molecule has 0 heterocycles. The Bertz CT molecular complexity index is 1780. The van der Waals surface area contributed by atoms with Gasteiger partial charge in [0.2, 0.25) is 0 Å². The number of rotatable bonds is 10. The Kier molecular flexibility index (Phi) is 17.8. The fourth-order valence-electron chi connectivity index (χ4n) is 7.65. The van der Waals surface area contributed by atoms with Crippen LogP contribution >= 0.6 is 0 Å². The van der Waals surface area contributed by atoms with Crippen LogP contribution in [0.5, 0.6) is 0 Å². The molecule has 0 bridgehead atoms. The van der Waals surface area contributed by atoms with Crippen LogP contribution in [0.15, 0.2) is 46.2 Å². The second-order valence-electron chi connectivity index (χ2n) is 15.0. The SMILES string of the molecule is O=C(OC1CCCCC1)c1ccc(C(=O)OC2CCCCC2)c(S(=O)(=O)[O-])c1.O=C(OC1CCCCC1)c1ccc(C(=O)OC2CCCCC2)c(S(=O)(=O)[O-])c1.[Mg+2]. The van der Waals surface area contributed by atoms with Gasteiger partial charge >= 0.3 is 46.9 Å². The minimum atomic E-state index is -4.97. The molecular weight excluding hydrogens is 793 g/mol. The first-order valence-electron chi connectivity index (χ1n) is 19.7. The van der Waals surface area contributed by atoms with E-state index in [2.05, 4.69) is 0 Å². The van der Waals surface area contributed by atoms with E-state index >= 15 is 0 Å². The number of esters is 4. The molecule has 2 aromatic carbocycles. The van der Waals surface area contributed by atoms with E-state index in [0.29, 0.717) is 0 Å². The Balaban J connectivity index is 0.000000248. The molecule has 0 unspecified atom stereocenters. The van der Waals surface area contributed by atoms with E-state index in [1.54, 1.807) is 0 Å². The van der Waals surface area contributed by atoms with Gasteiger partial charge in [-0.2, -0.15) is 0 Å². The van der Waals surface area contributed by atoms with Crippen molar-refractivity contribution in [3.8, 4) is 0 Å². The van der Waals surface area contributed by atoms with E-state index in [4.69, 9.17) is 18.9 Å². The molecule has 0 radical (unpaired) electrons. The Morgan fingerprint density at radius 2 is 0.667 bits per heavy atom. The van der Waals surface area contributed by atoms with Gasteiger partial charge in [0.25, 0.3) is 0 Å². The second-order valence-corrected chi connectivity index (χ2v) is 17.7. The molecule has 0 N–H and O–H groups in total. The van der Waals surface area contributed by atoms with Crippen LogP contribution in [-0.2, 0) is 39.2 Å². The standard InChI is InChI=1S/2C20H26O7S.Mg/c2*21-19(26-15-7-3-1-4-8-15)14-11-12-17(18(13-14)28(23,24)25)20(22)27-16-9-5-2-6-10-16;/h2*11-13,15-16H,1-10H2,(H,23,24,25);/q;;+2/p-2. The van der Waals surface area contributed by atoms with Crippen molar-refractivity contribution < 1.29 is 64.1 Å². The molecule has 57 heavy (non-hydrogen) atoms. The third-order valence-corrected chi connectivity index (χ3v) is 12.5. The number of carbonyl (C=O) groups excluding carboxylic acids is 4. The summed E-state index contributed by atoms with van der Waals surface area (Å²) in [6.45, 7) is 0. The zero-order valence-electron chi connectivity index (χ0n) is 32.2. The molecule has 0 saturated heterocycles. The predicted octanol–water partition coefficient (Wildman–Crippen LogP) is 6.76. The monoisotopic (exact) mass is 842 g/mol. The average molecular weight is 843 g/mol. The van der Waals surface area contributed by atoms with Gasteiger partial charge in [-0.1, -0.05) is 25.7 Å². The number of carbonyl (C=O) groups is 4. The molecule has 2 aromatic rings. The molecule has 4 aliphatic rings. The normalized spacial score (nSPS) is 18.8. The number of hydrogen-bond acceptors (Lipinski definition) is 14. The fourth-order valence-corrected chi connectivity index (χ4v) is 9.03. The number of hydrogen-bond donors (Lipinski definition) is 0. The van der Waals surface area contributed by atoms with Gasteiger partial charge in [-0.05, 0) is 139 Å². The van der Waals surface area contributed by atoms with Gasteiger partial charge in [0.15, 0.2) is 0 Å². The van der Waals surface area contributed by atoms with E-state index in [1.807, 2.05) is 0 Å². The summed E-state index contributed by atoms with van der Waals surface area (Å²) in [6.07, 6.45) is 17.0. The topological polar surface area (TPSA) is 220 Å². The van der Waals surface area contributed by atoms with Crippen LogP contribution in [0.25, 0.3) is 0 Å². The average Bonchev–Trinajstić information content (AvgIpc) is 3.18.